The third-order valence-electron chi connectivity index (χ3n) is 4.24. The number of hydrogen-bond donors (Lipinski definition) is 1. The quantitative estimate of drug-likeness (QED) is 0.877. The van der Waals surface area contributed by atoms with Gasteiger partial charge < -0.3 is 5.32 Å². The monoisotopic (exact) mass is 293 g/mol. The van der Waals surface area contributed by atoms with E-state index in [2.05, 4.69) is 46.4 Å². The fourth-order valence-corrected chi connectivity index (χ4v) is 3.65. The molecule has 17 heavy (non-hydrogen) atoms. The van der Waals surface area contributed by atoms with E-state index in [-0.39, 0.29) is 0 Å². The van der Waals surface area contributed by atoms with Crippen molar-refractivity contribution >= 4 is 15.9 Å². The highest BCUT2D eigenvalue weighted by atomic mass is 79.9. The molecule has 92 valence electrons. The van der Waals surface area contributed by atoms with E-state index in [0.29, 0.717) is 6.04 Å². The summed E-state index contributed by atoms with van der Waals surface area (Å²) < 4.78 is 1.22. The van der Waals surface area contributed by atoms with Gasteiger partial charge in [-0.1, -0.05) is 28.9 Å². The zero-order chi connectivity index (χ0) is 11.8. The maximum absolute atomic E-state index is 3.83. The molecule has 1 N–H and O–H groups in total. The van der Waals surface area contributed by atoms with Gasteiger partial charge in [-0.25, -0.2) is 0 Å². The highest BCUT2D eigenvalue weighted by Gasteiger charge is 2.28. The fourth-order valence-electron chi connectivity index (χ4n) is 3.24. The van der Waals surface area contributed by atoms with Crippen LogP contribution in [-0.4, -0.2) is 12.1 Å². The summed E-state index contributed by atoms with van der Waals surface area (Å²) in [7, 11) is 0. The van der Waals surface area contributed by atoms with Gasteiger partial charge in [0.2, 0.25) is 0 Å². The van der Waals surface area contributed by atoms with Crippen molar-refractivity contribution in [2.45, 2.75) is 51.1 Å². The molecule has 1 saturated carbocycles. The summed E-state index contributed by atoms with van der Waals surface area (Å²) in [6.07, 6.45) is 6.50. The van der Waals surface area contributed by atoms with Crippen LogP contribution in [0.2, 0.25) is 0 Å². The first-order valence-electron chi connectivity index (χ1n) is 6.74. The average Bonchev–Trinajstić information content (AvgIpc) is 2.27. The number of halogens is 1. The lowest BCUT2D eigenvalue weighted by Gasteiger charge is -2.38. The average molecular weight is 294 g/mol. The van der Waals surface area contributed by atoms with Crippen LogP contribution >= 0.6 is 15.9 Å². The van der Waals surface area contributed by atoms with Crippen molar-refractivity contribution in [3.8, 4) is 0 Å². The van der Waals surface area contributed by atoms with E-state index in [1.165, 1.54) is 36.6 Å². The van der Waals surface area contributed by atoms with Gasteiger partial charge in [0.05, 0.1) is 0 Å². The molecule has 0 heterocycles. The molecule has 1 fully saturated rings. The number of hydrogen-bond acceptors (Lipinski definition) is 1. The molecule has 0 aliphatic heterocycles. The molecule has 1 atom stereocenters. The van der Waals surface area contributed by atoms with Gasteiger partial charge in [-0.05, 0) is 61.3 Å². The Balaban J connectivity index is 1.62. The van der Waals surface area contributed by atoms with E-state index in [4.69, 9.17) is 0 Å². The van der Waals surface area contributed by atoms with Crippen LogP contribution in [0.4, 0.5) is 0 Å². The molecule has 1 aromatic carbocycles. The summed E-state index contributed by atoms with van der Waals surface area (Å²) in [6.45, 7) is 2.35. The Kier molecular flexibility index (Phi) is 3.27. The van der Waals surface area contributed by atoms with Crippen LogP contribution in [-0.2, 0) is 12.8 Å². The standard InChI is InChI=1S/C15H20BrN/c1-10-6-15(7-10)17-14-5-3-11-8-13(16)4-2-12(11)9-14/h2,4,8,10,14-15,17H,3,5-7,9H2,1H3. The van der Waals surface area contributed by atoms with Gasteiger partial charge in [-0.2, -0.15) is 0 Å². The maximum Gasteiger partial charge on any atom is 0.0178 e. The topological polar surface area (TPSA) is 12.0 Å². The number of nitrogens with one attached hydrogen (secondary N) is 1. The molecule has 0 spiro atoms. The van der Waals surface area contributed by atoms with Crippen LogP contribution < -0.4 is 5.32 Å². The first-order valence-corrected chi connectivity index (χ1v) is 7.53. The Bertz CT molecular complexity index is 409. The van der Waals surface area contributed by atoms with E-state index in [9.17, 15) is 0 Å². The minimum Gasteiger partial charge on any atom is -0.311 e. The van der Waals surface area contributed by atoms with Gasteiger partial charge >= 0.3 is 0 Å². The summed E-state index contributed by atoms with van der Waals surface area (Å²) in [5.41, 5.74) is 3.09. The van der Waals surface area contributed by atoms with Gasteiger partial charge in [-0.15, -0.1) is 0 Å². The highest BCUT2D eigenvalue weighted by Crippen LogP contribution is 2.29. The molecule has 0 radical (unpaired) electrons. The lowest BCUT2D eigenvalue weighted by Crippen LogP contribution is -2.47. The Labute approximate surface area is 112 Å². The molecule has 1 aromatic rings. The zero-order valence-electron chi connectivity index (χ0n) is 10.4. The minimum atomic E-state index is 0.709. The second-order valence-corrected chi connectivity index (χ2v) is 6.71. The summed E-state index contributed by atoms with van der Waals surface area (Å²) in [5, 5.41) is 3.83. The molecular weight excluding hydrogens is 274 g/mol. The van der Waals surface area contributed by atoms with Crippen molar-refractivity contribution in [2.75, 3.05) is 0 Å². The molecule has 0 aromatic heterocycles. The number of benzene rings is 1. The second-order valence-electron chi connectivity index (χ2n) is 5.79. The van der Waals surface area contributed by atoms with Gasteiger partial charge in [-0.3, -0.25) is 0 Å². The molecule has 2 aliphatic carbocycles. The summed E-state index contributed by atoms with van der Waals surface area (Å²) in [5.74, 6) is 0.944. The van der Waals surface area contributed by atoms with E-state index in [1.54, 1.807) is 11.1 Å². The van der Waals surface area contributed by atoms with E-state index < -0.39 is 0 Å². The third kappa shape index (κ3) is 2.58. The maximum atomic E-state index is 3.83. The molecule has 0 bridgehead atoms. The SMILES string of the molecule is CC1CC(NC2CCc3cc(Br)ccc3C2)C1. The summed E-state index contributed by atoms with van der Waals surface area (Å²) in [6, 6.07) is 8.26. The van der Waals surface area contributed by atoms with Crippen molar-refractivity contribution in [1.29, 1.82) is 0 Å². The van der Waals surface area contributed by atoms with Crippen molar-refractivity contribution < 1.29 is 0 Å². The van der Waals surface area contributed by atoms with Gasteiger partial charge in [0.1, 0.15) is 0 Å². The second kappa shape index (κ2) is 4.74. The van der Waals surface area contributed by atoms with Crippen molar-refractivity contribution in [3.05, 3.63) is 33.8 Å². The minimum absolute atomic E-state index is 0.709. The largest absolute Gasteiger partial charge is 0.311 e. The molecule has 1 unspecified atom stereocenters. The number of aryl methyl sites for hydroxylation is 1. The van der Waals surface area contributed by atoms with E-state index >= 15 is 0 Å². The van der Waals surface area contributed by atoms with Crippen molar-refractivity contribution in [2.24, 2.45) is 5.92 Å². The van der Waals surface area contributed by atoms with Gasteiger partial charge in [0.15, 0.2) is 0 Å². The van der Waals surface area contributed by atoms with E-state index in [0.717, 1.165) is 12.0 Å². The summed E-state index contributed by atoms with van der Waals surface area (Å²) >= 11 is 3.56. The molecule has 1 nitrogen and oxygen atoms in total. The third-order valence-corrected chi connectivity index (χ3v) is 4.74. The van der Waals surface area contributed by atoms with Gasteiger partial charge in [0, 0.05) is 16.6 Å². The Morgan fingerprint density at radius 2 is 2.00 bits per heavy atom. The molecule has 0 amide bonds. The molecule has 2 aliphatic rings. The molecular formula is C15H20BrN. The van der Waals surface area contributed by atoms with Crippen LogP contribution in [0.15, 0.2) is 22.7 Å². The van der Waals surface area contributed by atoms with Crippen LogP contribution in [0, 0.1) is 5.92 Å². The first-order chi connectivity index (χ1) is 8.20. The van der Waals surface area contributed by atoms with Crippen LogP contribution in [0.1, 0.15) is 37.3 Å². The van der Waals surface area contributed by atoms with Crippen molar-refractivity contribution in [1.82, 2.24) is 5.32 Å². The Morgan fingerprint density at radius 3 is 2.76 bits per heavy atom. The Morgan fingerprint density at radius 1 is 1.18 bits per heavy atom. The number of rotatable bonds is 2. The molecule has 3 rings (SSSR count). The Hall–Kier alpha value is -0.340. The molecule has 0 saturated heterocycles. The lowest BCUT2D eigenvalue weighted by atomic mass is 9.80. The van der Waals surface area contributed by atoms with Crippen LogP contribution in [0.3, 0.4) is 0 Å². The number of fused-ring (bicyclic) bond motifs is 1. The smallest absolute Gasteiger partial charge is 0.0178 e. The van der Waals surface area contributed by atoms with Crippen molar-refractivity contribution in [3.63, 3.8) is 0 Å². The van der Waals surface area contributed by atoms with Crippen LogP contribution in [0.5, 0.6) is 0 Å². The summed E-state index contributed by atoms with van der Waals surface area (Å²) in [4.78, 5) is 0. The zero-order valence-corrected chi connectivity index (χ0v) is 12.0. The normalized spacial score (nSPS) is 31.8. The van der Waals surface area contributed by atoms with E-state index in [1.807, 2.05) is 0 Å². The predicted octanol–water partition coefficient (Wildman–Crippen LogP) is 3.69. The van der Waals surface area contributed by atoms with Crippen LogP contribution in [0.25, 0.3) is 0 Å². The molecule has 2 heteroatoms. The first kappa shape index (κ1) is 11.7. The highest BCUT2D eigenvalue weighted by molar-refractivity contribution is 9.10. The lowest BCUT2D eigenvalue weighted by molar-refractivity contribution is 0.215. The van der Waals surface area contributed by atoms with Gasteiger partial charge in [0.25, 0.3) is 0 Å². The fraction of sp³-hybridized carbons (Fsp3) is 0.600. The predicted molar refractivity (Wildman–Crippen MR) is 75.3 cm³/mol.